The minimum absolute atomic E-state index is 0.676. The molecule has 2 nitrogen and oxygen atoms in total. The zero-order valence-corrected chi connectivity index (χ0v) is 9.91. The Labute approximate surface area is 86.6 Å². The molecule has 0 unspecified atom stereocenters. The molecule has 0 rings (SSSR count). The molecule has 0 aromatic heterocycles. The third kappa shape index (κ3) is 6.94. The number of rotatable bonds is 6. The lowest BCUT2D eigenvalue weighted by Gasteiger charge is -2.17. The SMILES string of the molecule is CCCCCCCN(C)C(=N)SC. The standard InChI is InChI=1S/C10H22N2S/c1-4-5-6-7-8-9-12(2)10(11)13-3/h11H,4-9H2,1-3H3. The van der Waals surface area contributed by atoms with Gasteiger partial charge in [-0.25, -0.2) is 0 Å². The molecule has 0 aliphatic heterocycles. The van der Waals surface area contributed by atoms with E-state index in [1.165, 1.54) is 43.9 Å². The van der Waals surface area contributed by atoms with Crippen LogP contribution in [0.4, 0.5) is 0 Å². The first-order valence-electron chi connectivity index (χ1n) is 5.06. The zero-order chi connectivity index (χ0) is 10.1. The highest BCUT2D eigenvalue weighted by Gasteiger charge is 2.00. The maximum Gasteiger partial charge on any atom is 0.155 e. The van der Waals surface area contributed by atoms with Crippen LogP contribution in [0.5, 0.6) is 0 Å². The molecular weight excluding hydrogens is 180 g/mol. The Kier molecular flexibility index (Phi) is 8.30. The average Bonchev–Trinajstić information content (AvgIpc) is 2.16. The molecule has 0 radical (unpaired) electrons. The Morgan fingerprint density at radius 3 is 2.38 bits per heavy atom. The molecule has 1 N–H and O–H groups in total. The number of nitrogens with zero attached hydrogens (tertiary/aromatic N) is 1. The Morgan fingerprint density at radius 2 is 1.85 bits per heavy atom. The molecule has 0 aliphatic rings. The average molecular weight is 202 g/mol. The molecule has 0 amide bonds. The summed E-state index contributed by atoms with van der Waals surface area (Å²) in [6.45, 7) is 3.26. The summed E-state index contributed by atoms with van der Waals surface area (Å²) >= 11 is 1.51. The summed E-state index contributed by atoms with van der Waals surface area (Å²) in [4.78, 5) is 2.02. The van der Waals surface area contributed by atoms with E-state index in [2.05, 4.69) is 6.92 Å². The van der Waals surface area contributed by atoms with Crippen molar-refractivity contribution >= 4 is 16.9 Å². The van der Waals surface area contributed by atoms with Crippen molar-refractivity contribution in [3.05, 3.63) is 0 Å². The molecule has 3 heteroatoms. The van der Waals surface area contributed by atoms with E-state index in [1.54, 1.807) is 0 Å². The summed E-state index contributed by atoms with van der Waals surface area (Å²) in [5.41, 5.74) is 0. The first-order valence-corrected chi connectivity index (χ1v) is 6.28. The second-order valence-corrected chi connectivity index (χ2v) is 4.14. The Hall–Kier alpha value is -0.180. The van der Waals surface area contributed by atoms with Gasteiger partial charge in [0.25, 0.3) is 0 Å². The van der Waals surface area contributed by atoms with Gasteiger partial charge in [-0.1, -0.05) is 44.4 Å². The van der Waals surface area contributed by atoms with Gasteiger partial charge >= 0.3 is 0 Å². The van der Waals surface area contributed by atoms with Crippen molar-refractivity contribution in [3.8, 4) is 0 Å². The Bertz CT molecular complexity index is 137. The molecule has 0 fully saturated rings. The van der Waals surface area contributed by atoms with Crippen molar-refractivity contribution in [2.24, 2.45) is 0 Å². The molecule has 0 atom stereocenters. The van der Waals surface area contributed by atoms with E-state index in [0.717, 1.165) is 6.54 Å². The van der Waals surface area contributed by atoms with Crippen molar-refractivity contribution < 1.29 is 0 Å². The molecule has 0 saturated carbocycles. The molecule has 0 heterocycles. The van der Waals surface area contributed by atoms with Crippen molar-refractivity contribution in [1.29, 1.82) is 5.41 Å². The first-order chi connectivity index (χ1) is 6.22. The monoisotopic (exact) mass is 202 g/mol. The predicted molar refractivity (Wildman–Crippen MR) is 62.6 cm³/mol. The predicted octanol–water partition coefficient (Wildman–Crippen LogP) is 3.19. The Balaban J connectivity index is 3.26. The second-order valence-electron chi connectivity index (χ2n) is 3.35. The summed E-state index contributed by atoms with van der Waals surface area (Å²) in [6.07, 6.45) is 8.48. The largest absolute Gasteiger partial charge is 0.355 e. The van der Waals surface area contributed by atoms with Crippen molar-refractivity contribution in [3.63, 3.8) is 0 Å². The van der Waals surface area contributed by atoms with Crippen molar-refractivity contribution in [2.45, 2.75) is 39.0 Å². The molecule has 0 aliphatic carbocycles. The van der Waals surface area contributed by atoms with Crippen LogP contribution in [0.15, 0.2) is 0 Å². The topological polar surface area (TPSA) is 27.1 Å². The van der Waals surface area contributed by atoms with E-state index < -0.39 is 0 Å². The number of hydrogen-bond acceptors (Lipinski definition) is 2. The van der Waals surface area contributed by atoms with Gasteiger partial charge in [0.1, 0.15) is 0 Å². The quantitative estimate of drug-likeness (QED) is 0.407. The normalized spacial score (nSPS) is 10.1. The lowest BCUT2D eigenvalue weighted by molar-refractivity contribution is 0.473. The van der Waals surface area contributed by atoms with Crippen LogP contribution in [-0.2, 0) is 0 Å². The second kappa shape index (κ2) is 8.42. The molecule has 13 heavy (non-hydrogen) atoms. The lowest BCUT2D eigenvalue weighted by atomic mass is 10.1. The molecule has 0 saturated heterocycles. The number of thioether (sulfide) groups is 1. The van der Waals surface area contributed by atoms with E-state index in [9.17, 15) is 0 Å². The van der Waals surface area contributed by atoms with Gasteiger partial charge in [-0.3, -0.25) is 5.41 Å². The summed E-state index contributed by atoms with van der Waals surface area (Å²) in [5, 5.41) is 8.23. The van der Waals surface area contributed by atoms with Gasteiger partial charge in [-0.05, 0) is 12.7 Å². The van der Waals surface area contributed by atoms with Gasteiger partial charge in [-0.2, -0.15) is 0 Å². The zero-order valence-electron chi connectivity index (χ0n) is 9.10. The fourth-order valence-electron chi connectivity index (χ4n) is 1.21. The summed E-state index contributed by atoms with van der Waals surface area (Å²) in [6, 6.07) is 0. The third-order valence-corrected chi connectivity index (χ3v) is 2.84. The summed E-state index contributed by atoms with van der Waals surface area (Å²) in [5.74, 6) is 0. The van der Waals surface area contributed by atoms with E-state index in [0.29, 0.717) is 5.17 Å². The van der Waals surface area contributed by atoms with Crippen molar-refractivity contribution in [1.82, 2.24) is 4.90 Å². The summed E-state index contributed by atoms with van der Waals surface area (Å²) in [7, 11) is 2.00. The molecule has 0 aromatic carbocycles. The van der Waals surface area contributed by atoms with Crippen LogP contribution in [0.2, 0.25) is 0 Å². The molecular formula is C10H22N2S. The number of nitrogens with one attached hydrogen (secondary N) is 1. The molecule has 0 spiro atoms. The third-order valence-electron chi connectivity index (χ3n) is 2.14. The smallest absolute Gasteiger partial charge is 0.155 e. The maximum absolute atomic E-state index is 7.55. The fraction of sp³-hybridized carbons (Fsp3) is 0.900. The van der Waals surface area contributed by atoms with E-state index >= 15 is 0 Å². The van der Waals surface area contributed by atoms with Crippen LogP contribution in [-0.4, -0.2) is 29.9 Å². The van der Waals surface area contributed by atoms with Crippen LogP contribution in [0, 0.1) is 5.41 Å². The highest BCUT2D eigenvalue weighted by molar-refractivity contribution is 8.13. The lowest BCUT2D eigenvalue weighted by Crippen LogP contribution is -2.24. The van der Waals surface area contributed by atoms with Crippen LogP contribution < -0.4 is 0 Å². The van der Waals surface area contributed by atoms with E-state index in [1.807, 2.05) is 18.2 Å². The van der Waals surface area contributed by atoms with Gasteiger partial charge in [-0.15, -0.1) is 0 Å². The van der Waals surface area contributed by atoms with Crippen LogP contribution in [0.25, 0.3) is 0 Å². The maximum atomic E-state index is 7.55. The summed E-state index contributed by atoms with van der Waals surface area (Å²) < 4.78 is 0. The van der Waals surface area contributed by atoms with Crippen LogP contribution in [0.1, 0.15) is 39.0 Å². The minimum atomic E-state index is 0.676. The first kappa shape index (κ1) is 12.8. The fourth-order valence-corrected chi connectivity index (χ4v) is 1.61. The highest BCUT2D eigenvalue weighted by atomic mass is 32.2. The highest BCUT2D eigenvalue weighted by Crippen LogP contribution is 2.05. The van der Waals surface area contributed by atoms with Gasteiger partial charge in [0.05, 0.1) is 0 Å². The minimum Gasteiger partial charge on any atom is -0.355 e. The van der Waals surface area contributed by atoms with Gasteiger partial charge < -0.3 is 4.90 Å². The van der Waals surface area contributed by atoms with Crippen LogP contribution >= 0.6 is 11.8 Å². The van der Waals surface area contributed by atoms with E-state index in [4.69, 9.17) is 5.41 Å². The van der Waals surface area contributed by atoms with Crippen molar-refractivity contribution in [2.75, 3.05) is 19.8 Å². The number of amidine groups is 1. The Morgan fingerprint density at radius 1 is 1.23 bits per heavy atom. The molecule has 0 bridgehead atoms. The van der Waals surface area contributed by atoms with Gasteiger partial charge in [0.2, 0.25) is 0 Å². The molecule has 0 aromatic rings. The number of hydrogen-bond donors (Lipinski definition) is 1. The number of unbranched alkanes of at least 4 members (excludes halogenated alkanes) is 4. The van der Waals surface area contributed by atoms with E-state index in [-0.39, 0.29) is 0 Å². The van der Waals surface area contributed by atoms with Gasteiger partial charge in [0, 0.05) is 13.6 Å². The van der Waals surface area contributed by atoms with Gasteiger partial charge in [0.15, 0.2) is 5.17 Å². The molecule has 78 valence electrons. The van der Waals surface area contributed by atoms with Crippen LogP contribution in [0.3, 0.4) is 0 Å².